The van der Waals surface area contributed by atoms with Crippen LogP contribution in [0.15, 0.2) is 97.1 Å². The Bertz CT molecular complexity index is 1980. The van der Waals surface area contributed by atoms with Crippen molar-refractivity contribution in [2.24, 2.45) is 0 Å². The smallest absolute Gasteiger partial charge is 0.164 e. The molecular weight excluding hydrogens is 655 g/mol. The first kappa shape index (κ1) is 38.8. The van der Waals surface area contributed by atoms with Gasteiger partial charge in [-0.1, -0.05) is 173 Å². The maximum Gasteiger partial charge on any atom is 0.164 e. The number of nitrogens with zero attached hydrogens (tertiary/aromatic N) is 3. The standard InChI is InChI=1S/C51H59N3/c1-8-9-10-11-12-13-14-15-16-17-18-41-19-21-44(22-20-41)49-52-50(45-27-23-42(24-28-45)47-37(4)31-35(2)32-38(47)5)54-51(53-49)46-29-25-43(26-30-46)48-39(6)33-36(3)34-40(48)7/h19-34H,8-18H2,1-7H3. The minimum atomic E-state index is 0.683. The first-order chi connectivity index (χ1) is 26.2. The number of benzene rings is 5. The molecule has 6 rings (SSSR count). The topological polar surface area (TPSA) is 38.7 Å². The highest BCUT2D eigenvalue weighted by Gasteiger charge is 2.15. The summed E-state index contributed by atoms with van der Waals surface area (Å²) in [5, 5.41) is 0. The van der Waals surface area contributed by atoms with Crippen LogP contribution < -0.4 is 0 Å². The Balaban J connectivity index is 1.24. The lowest BCUT2D eigenvalue weighted by atomic mass is 9.93. The van der Waals surface area contributed by atoms with Crippen LogP contribution in [-0.2, 0) is 6.42 Å². The Morgan fingerprint density at radius 1 is 0.352 bits per heavy atom. The number of hydrogen-bond donors (Lipinski definition) is 0. The van der Waals surface area contributed by atoms with Crippen molar-refractivity contribution >= 4 is 0 Å². The zero-order valence-corrected chi connectivity index (χ0v) is 33.9. The minimum absolute atomic E-state index is 0.683. The minimum Gasteiger partial charge on any atom is -0.208 e. The summed E-state index contributed by atoms with van der Waals surface area (Å²) in [4.78, 5) is 15.2. The van der Waals surface area contributed by atoms with Crippen LogP contribution in [-0.4, -0.2) is 15.0 Å². The molecule has 278 valence electrons. The van der Waals surface area contributed by atoms with Crippen molar-refractivity contribution in [2.75, 3.05) is 0 Å². The molecule has 0 aliphatic heterocycles. The highest BCUT2D eigenvalue weighted by atomic mass is 15.0. The lowest BCUT2D eigenvalue weighted by molar-refractivity contribution is 0.556. The van der Waals surface area contributed by atoms with Gasteiger partial charge in [0, 0.05) is 16.7 Å². The van der Waals surface area contributed by atoms with Gasteiger partial charge in [0.25, 0.3) is 0 Å². The maximum atomic E-state index is 5.08. The first-order valence-corrected chi connectivity index (χ1v) is 20.4. The predicted molar refractivity (Wildman–Crippen MR) is 231 cm³/mol. The fourth-order valence-corrected chi connectivity index (χ4v) is 8.24. The van der Waals surface area contributed by atoms with Gasteiger partial charge in [-0.15, -0.1) is 0 Å². The molecule has 3 heteroatoms. The molecule has 0 radical (unpaired) electrons. The van der Waals surface area contributed by atoms with E-state index in [9.17, 15) is 0 Å². The number of hydrogen-bond acceptors (Lipinski definition) is 3. The third-order valence-electron chi connectivity index (χ3n) is 10.9. The average Bonchev–Trinajstić information content (AvgIpc) is 3.15. The van der Waals surface area contributed by atoms with E-state index < -0.39 is 0 Å². The number of aromatic nitrogens is 3. The molecule has 3 nitrogen and oxygen atoms in total. The molecule has 1 aromatic heterocycles. The van der Waals surface area contributed by atoms with Crippen LogP contribution in [0.5, 0.6) is 0 Å². The second-order valence-corrected chi connectivity index (χ2v) is 15.6. The quantitative estimate of drug-likeness (QED) is 0.0937. The summed E-state index contributed by atoms with van der Waals surface area (Å²) >= 11 is 0. The maximum absolute atomic E-state index is 5.08. The van der Waals surface area contributed by atoms with E-state index >= 15 is 0 Å². The Labute approximate surface area is 325 Å². The van der Waals surface area contributed by atoms with Gasteiger partial charge in [0.1, 0.15) is 0 Å². The third-order valence-corrected chi connectivity index (χ3v) is 10.9. The van der Waals surface area contributed by atoms with Crippen LogP contribution in [0.3, 0.4) is 0 Å². The van der Waals surface area contributed by atoms with Crippen LogP contribution in [0, 0.1) is 41.5 Å². The molecule has 0 aliphatic carbocycles. The molecule has 0 N–H and O–H groups in total. The van der Waals surface area contributed by atoms with E-state index in [1.807, 2.05) is 0 Å². The van der Waals surface area contributed by atoms with Gasteiger partial charge >= 0.3 is 0 Å². The van der Waals surface area contributed by atoms with Crippen molar-refractivity contribution in [3.05, 3.63) is 136 Å². The van der Waals surface area contributed by atoms with E-state index in [1.54, 1.807) is 0 Å². The Morgan fingerprint density at radius 2 is 0.648 bits per heavy atom. The molecule has 0 unspecified atom stereocenters. The molecule has 6 aromatic rings. The molecule has 1 heterocycles. The SMILES string of the molecule is CCCCCCCCCCCCc1ccc(-c2nc(-c3ccc(-c4c(C)cc(C)cc4C)cc3)nc(-c3ccc(-c4c(C)cc(C)cc4C)cc3)n2)cc1. The van der Waals surface area contributed by atoms with Crippen molar-refractivity contribution < 1.29 is 0 Å². The summed E-state index contributed by atoms with van der Waals surface area (Å²) in [5.74, 6) is 2.06. The van der Waals surface area contributed by atoms with Crippen LogP contribution in [0.25, 0.3) is 56.4 Å². The van der Waals surface area contributed by atoms with Gasteiger partial charge in [-0.3, -0.25) is 0 Å². The average molecular weight is 714 g/mol. The van der Waals surface area contributed by atoms with Crippen molar-refractivity contribution in [1.29, 1.82) is 0 Å². The van der Waals surface area contributed by atoms with Crippen molar-refractivity contribution in [1.82, 2.24) is 15.0 Å². The molecule has 0 atom stereocenters. The Hall–Kier alpha value is -4.89. The van der Waals surface area contributed by atoms with Gasteiger partial charge in [-0.05, 0) is 104 Å². The molecule has 0 saturated heterocycles. The van der Waals surface area contributed by atoms with Crippen LogP contribution in [0.1, 0.15) is 110 Å². The monoisotopic (exact) mass is 713 g/mol. The lowest BCUT2D eigenvalue weighted by Gasteiger charge is -2.13. The molecule has 0 bridgehead atoms. The third kappa shape index (κ3) is 9.80. The zero-order chi connectivity index (χ0) is 38.0. The van der Waals surface area contributed by atoms with Crippen LogP contribution in [0.4, 0.5) is 0 Å². The van der Waals surface area contributed by atoms with Gasteiger partial charge in [0.05, 0.1) is 0 Å². The molecule has 0 spiro atoms. The van der Waals surface area contributed by atoms with E-state index in [1.165, 1.54) is 125 Å². The number of aryl methyl sites for hydroxylation is 7. The highest BCUT2D eigenvalue weighted by Crippen LogP contribution is 2.33. The summed E-state index contributed by atoms with van der Waals surface area (Å²) in [6.45, 7) is 15.4. The fourth-order valence-electron chi connectivity index (χ4n) is 8.24. The second kappa shape index (κ2) is 18.4. The predicted octanol–water partition coefficient (Wildman–Crippen LogP) is 14.5. The lowest BCUT2D eigenvalue weighted by Crippen LogP contribution is -2.00. The molecule has 0 fully saturated rings. The van der Waals surface area contributed by atoms with Crippen molar-refractivity contribution in [3.8, 4) is 56.4 Å². The Morgan fingerprint density at radius 3 is 1.00 bits per heavy atom. The zero-order valence-electron chi connectivity index (χ0n) is 33.9. The summed E-state index contributed by atoms with van der Waals surface area (Å²) in [6.07, 6.45) is 14.7. The number of rotatable bonds is 16. The van der Waals surface area contributed by atoms with Crippen molar-refractivity contribution in [3.63, 3.8) is 0 Å². The number of unbranched alkanes of at least 4 members (excludes halogenated alkanes) is 9. The highest BCUT2D eigenvalue weighted by molar-refractivity contribution is 5.76. The fraction of sp³-hybridized carbons (Fsp3) is 0.353. The Kier molecular flexibility index (Phi) is 13.3. The van der Waals surface area contributed by atoms with E-state index in [0.717, 1.165) is 23.1 Å². The van der Waals surface area contributed by atoms with E-state index in [2.05, 4.69) is 146 Å². The van der Waals surface area contributed by atoms with Crippen LogP contribution >= 0.6 is 0 Å². The first-order valence-electron chi connectivity index (χ1n) is 20.4. The van der Waals surface area contributed by atoms with Crippen molar-refractivity contribution in [2.45, 2.75) is 119 Å². The van der Waals surface area contributed by atoms with Gasteiger partial charge in [0.15, 0.2) is 17.5 Å². The van der Waals surface area contributed by atoms with Crippen LogP contribution in [0.2, 0.25) is 0 Å². The molecule has 54 heavy (non-hydrogen) atoms. The largest absolute Gasteiger partial charge is 0.208 e. The summed E-state index contributed by atoms with van der Waals surface area (Å²) in [6, 6.07) is 35.3. The summed E-state index contributed by atoms with van der Waals surface area (Å²) in [7, 11) is 0. The van der Waals surface area contributed by atoms with Gasteiger partial charge < -0.3 is 0 Å². The molecule has 0 saturated carbocycles. The molecule has 0 amide bonds. The van der Waals surface area contributed by atoms with Gasteiger partial charge in [0.2, 0.25) is 0 Å². The summed E-state index contributed by atoms with van der Waals surface area (Å²) < 4.78 is 0. The molecular formula is C51H59N3. The molecule has 5 aromatic carbocycles. The van der Waals surface area contributed by atoms with E-state index in [-0.39, 0.29) is 0 Å². The van der Waals surface area contributed by atoms with Gasteiger partial charge in [-0.25, -0.2) is 15.0 Å². The van der Waals surface area contributed by atoms with Gasteiger partial charge in [-0.2, -0.15) is 0 Å². The van der Waals surface area contributed by atoms with E-state index in [4.69, 9.17) is 15.0 Å². The van der Waals surface area contributed by atoms with E-state index in [0.29, 0.717) is 17.5 Å². The summed E-state index contributed by atoms with van der Waals surface area (Å²) in [5.41, 5.74) is 17.1. The normalized spacial score (nSPS) is 11.3. The molecule has 0 aliphatic rings. The second-order valence-electron chi connectivity index (χ2n) is 15.6.